The lowest BCUT2D eigenvalue weighted by Gasteiger charge is -2.44. The van der Waals surface area contributed by atoms with Crippen LogP contribution >= 0.6 is 0 Å². The minimum absolute atomic E-state index is 0.00629. The van der Waals surface area contributed by atoms with Crippen LogP contribution in [0.2, 0.25) is 0 Å². The fourth-order valence-electron chi connectivity index (χ4n) is 8.59. The van der Waals surface area contributed by atoms with E-state index in [0.717, 1.165) is 31.5 Å². The van der Waals surface area contributed by atoms with Crippen molar-refractivity contribution < 1.29 is 71.2 Å². The molecule has 0 radical (unpaired) electrons. The number of fused-ring (bicyclic) bond motifs is 1. The van der Waals surface area contributed by atoms with Crippen LogP contribution in [0, 0.1) is 10.1 Å². The van der Waals surface area contributed by atoms with Crippen LogP contribution in [0.1, 0.15) is 81.6 Å². The zero-order valence-electron chi connectivity index (χ0n) is 41.8. The SMILES string of the molecule is CCN(CCOCCCCCO[C@H]1[C@H](O[C@@H]([C@@H]2OC(C)(C)O[C@H]2C(OC)OC)[C@H]2COC(C)(C)O2)O[C@H](COC(C)(C)OC)[C@@H]2OC(C)(C)O[C@@H]21)c1ccc(N=Nc2ccc([N+](=O)[O-])cc2)cc1. The summed E-state index contributed by atoms with van der Waals surface area (Å²) >= 11 is 0. The molecule has 20 heteroatoms. The summed E-state index contributed by atoms with van der Waals surface area (Å²) < 4.78 is 88.5. The van der Waals surface area contributed by atoms with Crippen LogP contribution in [0.4, 0.5) is 22.7 Å². The van der Waals surface area contributed by atoms with E-state index in [1.54, 1.807) is 33.5 Å². The molecular formula is C48H74N4O16. The first kappa shape index (κ1) is 54.0. The number of hydrogen-bond donors (Lipinski definition) is 0. The molecule has 0 amide bonds. The summed E-state index contributed by atoms with van der Waals surface area (Å²) in [6.45, 7) is 20.3. The van der Waals surface area contributed by atoms with E-state index in [2.05, 4.69) is 22.1 Å². The van der Waals surface area contributed by atoms with E-state index in [1.807, 2.05) is 79.7 Å². The van der Waals surface area contributed by atoms with Crippen molar-refractivity contribution in [3.05, 3.63) is 58.6 Å². The Labute approximate surface area is 400 Å². The Morgan fingerprint density at radius 2 is 1.41 bits per heavy atom. The zero-order chi connectivity index (χ0) is 49.3. The van der Waals surface area contributed by atoms with Gasteiger partial charge in [0, 0.05) is 65.5 Å². The molecule has 0 aliphatic carbocycles. The number of nitrogens with zero attached hydrogens (tertiary/aromatic N) is 4. The summed E-state index contributed by atoms with van der Waals surface area (Å²) in [6.07, 6.45) is -4.73. The number of benzene rings is 2. The Morgan fingerprint density at radius 3 is 2.01 bits per heavy atom. The van der Waals surface area contributed by atoms with Crippen LogP contribution in [-0.4, -0.2) is 157 Å². The maximum Gasteiger partial charge on any atom is 0.269 e. The minimum atomic E-state index is -1.01. The molecule has 68 heavy (non-hydrogen) atoms. The average Bonchev–Trinajstić information content (AvgIpc) is 3.95. The molecule has 0 saturated carbocycles. The molecule has 0 aromatic heterocycles. The Morgan fingerprint density at radius 1 is 0.794 bits per heavy atom. The molecule has 0 unspecified atom stereocenters. The molecule has 4 saturated heterocycles. The van der Waals surface area contributed by atoms with Gasteiger partial charge in [-0.2, -0.15) is 10.2 Å². The van der Waals surface area contributed by atoms with E-state index in [9.17, 15) is 10.1 Å². The lowest BCUT2D eigenvalue weighted by atomic mass is 9.98. The zero-order valence-corrected chi connectivity index (χ0v) is 41.8. The highest BCUT2D eigenvalue weighted by molar-refractivity contribution is 5.53. The van der Waals surface area contributed by atoms with Gasteiger partial charge in [0.05, 0.1) is 36.1 Å². The molecule has 2 aromatic rings. The van der Waals surface area contributed by atoms with Gasteiger partial charge in [0.25, 0.3) is 5.69 Å². The summed E-state index contributed by atoms with van der Waals surface area (Å²) in [7, 11) is 4.68. The molecule has 4 fully saturated rings. The molecule has 0 spiro atoms. The van der Waals surface area contributed by atoms with Crippen molar-refractivity contribution in [2.75, 3.05) is 72.4 Å². The third-order valence-corrected chi connectivity index (χ3v) is 12.1. The highest BCUT2D eigenvalue weighted by Crippen LogP contribution is 2.43. The molecule has 4 aliphatic rings. The highest BCUT2D eigenvalue weighted by Gasteiger charge is 2.60. The molecule has 0 bridgehead atoms. The van der Waals surface area contributed by atoms with Gasteiger partial charge in [-0.05, 0) is 118 Å². The van der Waals surface area contributed by atoms with Crippen molar-refractivity contribution in [2.45, 2.75) is 166 Å². The Balaban J connectivity index is 1.06. The smallest absolute Gasteiger partial charge is 0.269 e. The van der Waals surface area contributed by atoms with Crippen LogP contribution in [0.15, 0.2) is 58.8 Å². The summed E-state index contributed by atoms with van der Waals surface area (Å²) in [6, 6.07) is 13.7. The first-order chi connectivity index (χ1) is 32.3. The largest absolute Gasteiger partial charge is 0.380 e. The highest BCUT2D eigenvalue weighted by atomic mass is 16.8. The van der Waals surface area contributed by atoms with Gasteiger partial charge in [-0.3, -0.25) is 10.1 Å². The molecule has 0 N–H and O–H groups in total. The number of likely N-dealkylation sites (N-methyl/N-ethyl adjacent to an activating group) is 1. The molecule has 4 heterocycles. The van der Waals surface area contributed by atoms with E-state index in [-0.39, 0.29) is 18.9 Å². The quantitative estimate of drug-likeness (QED) is 0.0291. The number of rotatable bonds is 26. The fourth-order valence-corrected chi connectivity index (χ4v) is 8.59. The lowest BCUT2D eigenvalue weighted by Crippen LogP contribution is -2.62. The van der Waals surface area contributed by atoms with Crippen molar-refractivity contribution in [2.24, 2.45) is 10.2 Å². The van der Waals surface area contributed by atoms with Crippen LogP contribution in [0.25, 0.3) is 0 Å². The third-order valence-electron chi connectivity index (χ3n) is 12.1. The summed E-state index contributed by atoms with van der Waals surface area (Å²) in [4.78, 5) is 12.7. The van der Waals surface area contributed by atoms with Crippen molar-refractivity contribution in [3.63, 3.8) is 0 Å². The summed E-state index contributed by atoms with van der Waals surface area (Å²) in [5, 5.41) is 19.4. The minimum Gasteiger partial charge on any atom is -0.380 e. The molecule has 20 nitrogen and oxygen atoms in total. The summed E-state index contributed by atoms with van der Waals surface area (Å²) in [5.74, 6) is -3.74. The van der Waals surface area contributed by atoms with Gasteiger partial charge in [-0.15, -0.1) is 0 Å². The average molecular weight is 963 g/mol. The van der Waals surface area contributed by atoms with E-state index < -0.39 is 89.5 Å². The number of nitro benzene ring substituents is 1. The second-order valence-electron chi connectivity index (χ2n) is 19.0. The van der Waals surface area contributed by atoms with Gasteiger partial charge in [0.2, 0.25) is 0 Å². The number of unbranched alkanes of at least 4 members (excludes halogenated alkanes) is 2. The van der Waals surface area contributed by atoms with Gasteiger partial charge in [-0.1, -0.05) is 0 Å². The van der Waals surface area contributed by atoms with Gasteiger partial charge in [-0.25, -0.2) is 0 Å². The van der Waals surface area contributed by atoms with Crippen LogP contribution in [-0.2, 0) is 66.3 Å². The predicted molar refractivity (Wildman–Crippen MR) is 247 cm³/mol. The van der Waals surface area contributed by atoms with Crippen LogP contribution in [0.3, 0.4) is 0 Å². The number of azo groups is 1. The Kier molecular flexibility index (Phi) is 18.9. The van der Waals surface area contributed by atoms with Crippen molar-refractivity contribution in [1.29, 1.82) is 0 Å². The number of hydrogen-bond acceptors (Lipinski definition) is 19. The first-order valence-corrected chi connectivity index (χ1v) is 23.6. The van der Waals surface area contributed by atoms with Crippen LogP contribution < -0.4 is 4.90 Å². The van der Waals surface area contributed by atoms with Crippen molar-refractivity contribution in [1.82, 2.24) is 0 Å². The van der Waals surface area contributed by atoms with Gasteiger partial charge >= 0.3 is 0 Å². The Hall–Kier alpha value is -3.32. The van der Waals surface area contributed by atoms with Gasteiger partial charge < -0.3 is 71.2 Å². The molecule has 9 atom stereocenters. The number of non-ortho nitro benzene ring substituents is 1. The standard InChI is InChI=1S/C48H74N4O16/c1-13-51(33-21-17-31(18-22-33)49-50-32-19-23-34(24-20-32)52(53)54)25-28-58-26-15-14-16-27-59-41-40-38(65-47(6,7)67-40)35(29-60-45(2,3)57-12)62-44(41)63-37(36-30-61-46(4,5)64-36)39-42(43(55-10)56-11)68-48(8,9)66-39/h17-24,35-44H,13-16,25-30H2,1-12H3/t35-,36-,37-,38+,39+,40+,41-,42-,44+/m1/s1. The molecule has 6 rings (SSSR count). The molecule has 382 valence electrons. The van der Waals surface area contributed by atoms with Crippen molar-refractivity contribution >= 4 is 22.7 Å². The maximum absolute atomic E-state index is 10.9. The number of ether oxygens (including phenoxy) is 14. The molecule has 4 aliphatic heterocycles. The van der Waals surface area contributed by atoms with Crippen LogP contribution in [0.5, 0.6) is 0 Å². The maximum atomic E-state index is 10.9. The first-order valence-electron chi connectivity index (χ1n) is 23.6. The van der Waals surface area contributed by atoms with E-state index >= 15 is 0 Å². The van der Waals surface area contributed by atoms with Gasteiger partial charge in [0.1, 0.15) is 48.8 Å². The Bertz CT molecular complexity index is 1900. The van der Waals surface area contributed by atoms with Crippen molar-refractivity contribution in [3.8, 4) is 0 Å². The topological polar surface area (TPSA) is 200 Å². The van der Waals surface area contributed by atoms with E-state index in [0.29, 0.717) is 37.7 Å². The van der Waals surface area contributed by atoms with E-state index in [4.69, 9.17) is 66.3 Å². The fraction of sp³-hybridized carbons (Fsp3) is 0.750. The lowest BCUT2D eigenvalue weighted by molar-refractivity contribution is -0.384. The monoisotopic (exact) mass is 963 g/mol. The molecular weight excluding hydrogens is 889 g/mol. The van der Waals surface area contributed by atoms with E-state index in [1.165, 1.54) is 12.1 Å². The number of anilines is 1. The normalized spacial score (nSPS) is 28.1. The predicted octanol–water partition coefficient (Wildman–Crippen LogP) is 7.73. The third kappa shape index (κ3) is 14.6. The number of nitro groups is 1. The second kappa shape index (κ2) is 23.7. The van der Waals surface area contributed by atoms with Gasteiger partial charge in [0.15, 0.2) is 35.7 Å². The number of methoxy groups -OCH3 is 3. The second-order valence-corrected chi connectivity index (χ2v) is 19.0. The molecule has 2 aromatic carbocycles. The summed E-state index contributed by atoms with van der Waals surface area (Å²) in [5.41, 5.74) is 2.25.